The average molecular weight is 306 g/mol. The Morgan fingerprint density at radius 2 is 1.61 bits per heavy atom. The maximum absolute atomic E-state index is 13.1. The molecule has 0 radical (unpaired) electrons. The van der Waals surface area contributed by atoms with Crippen molar-refractivity contribution in [1.82, 2.24) is 4.98 Å². The van der Waals surface area contributed by atoms with Crippen molar-refractivity contribution >= 4 is 22.5 Å². The number of carbonyl (C=O) groups is 1. The van der Waals surface area contributed by atoms with Gasteiger partial charge in [-0.3, -0.25) is 4.79 Å². The summed E-state index contributed by atoms with van der Waals surface area (Å²) in [6, 6.07) is 10.1. The number of rotatable bonds is 2. The van der Waals surface area contributed by atoms with Crippen LogP contribution in [0.25, 0.3) is 10.8 Å². The van der Waals surface area contributed by atoms with Crippen LogP contribution in [0.2, 0.25) is 0 Å². The summed E-state index contributed by atoms with van der Waals surface area (Å²) in [6.07, 6.45) is 9.22. The van der Waals surface area contributed by atoms with Crippen LogP contribution in [-0.2, 0) is 4.79 Å². The summed E-state index contributed by atoms with van der Waals surface area (Å²) >= 11 is 0. The standard InChI is InChI=1S/C20H22N2O/c23-19(20-9-13-5-14(10-20)7-15(6-13)11-20)22-18-8-16-3-1-2-4-17(16)12-21-18/h1-4,8,12-15H,5-7,9-11H2,(H,21,22,23). The summed E-state index contributed by atoms with van der Waals surface area (Å²) < 4.78 is 0. The van der Waals surface area contributed by atoms with E-state index in [4.69, 9.17) is 0 Å². The molecule has 4 aliphatic rings. The first-order chi connectivity index (χ1) is 11.2. The summed E-state index contributed by atoms with van der Waals surface area (Å²) in [5.41, 5.74) is -0.109. The van der Waals surface area contributed by atoms with Crippen molar-refractivity contribution in [3.05, 3.63) is 36.5 Å². The molecule has 6 rings (SSSR count). The highest BCUT2D eigenvalue weighted by Crippen LogP contribution is 2.60. The number of fused-ring (bicyclic) bond motifs is 1. The number of hydrogen-bond donors (Lipinski definition) is 1. The van der Waals surface area contributed by atoms with Gasteiger partial charge in [0.25, 0.3) is 0 Å². The van der Waals surface area contributed by atoms with Gasteiger partial charge in [-0.05, 0) is 67.7 Å². The van der Waals surface area contributed by atoms with Gasteiger partial charge in [0.1, 0.15) is 5.82 Å². The van der Waals surface area contributed by atoms with E-state index in [0.29, 0.717) is 5.82 Å². The van der Waals surface area contributed by atoms with E-state index in [2.05, 4.69) is 16.4 Å². The zero-order chi connectivity index (χ0) is 15.4. The number of pyridine rings is 1. The Hall–Kier alpha value is -1.90. The van der Waals surface area contributed by atoms with Crippen LogP contribution < -0.4 is 5.32 Å². The highest BCUT2D eigenvalue weighted by molar-refractivity contribution is 5.96. The van der Waals surface area contributed by atoms with E-state index >= 15 is 0 Å². The number of benzene rings is 1. The number of carbonyl (C=O) groups excluding carboxylic acids is 1. The zero-order valence-electron chi connectivity index (χ0n) is 13.3. The van der Waals surface area contributed by atoms with Crippen molar-refractivity contribution in [1.29, 1.82) is 0 Å². The lowest BCUT2D eigenvalue weighted by atomic mass is 9.49. The van der Waals surface area contributed by atoms with Gasteiger partial charge in [0.05, 0.1) is 5.41 Å². The molecule has 1 aromatic carbocycles. The van der Waals surface area contributed by atoms with E-state index in [1.165, 1.54) is 19.3 Å². The lowest BCUT2D eigenvalue weighted by Gasteiger charge is -2.55. The van der Waals surface area contributed by atoms with Crippen molar-refractivity contribution in [3.63, 3.8) is 0 Å². The van der Waals surface area contributed by atoms with Crippen LogP contribution in [0, 0.1) is 23.2 Å². The third-order valence-electron chi connectivity index (χ3n) is 6.39. The van der Waals surface area contributed by atoms with Gasteiger partial charge >= 0.3 is 0 Å². The molecule has 0 aliphatic heterocycles. The first-order valence-corrected chi connectivity index (χ1v) is 8.86. The van der Waals surface area contributed by atoms with Gasteiger partial charge in [-0.25, -0.2) is 4.98 Å². The Bertz CT molecular complexity index is 747. The summed E-state index contributed by atoms with van der Waals surface area (Å²) in [6.45, 7) is 0. The van der Waals surface area contributed by atoms with Crippen molar-refractivity contribution < 1.29 is 4.79 Å². The third-order valence-corrected chi connectivity index (χ3v) is 6.39. The van der Waals surface area contributed by atoms with E-state index in [-0.39, 0.29) is 11.3 Å². The van der Waals surface area contributed by atoms with Crippen LogP contribution >= 0.6 is 0 Å². The minimum Gasteiger partial charge on any atom is -0.310 e. The largest absolute Gasteiger partial charge is 0.310 e. The van der Waals surface area contributed by atoms with Crippen LogP contribution in [0.5, 0.6) is 0 Å². The van der Waals surface area contributed by atoms with Gasteiger partial charge in [0.2, 0.25) is 5.91 Å². The Morgan fingerprint density at radius 3 is 2.26 bits per heavy atom. The van der Waals surface area contributed by atoms with Crippen LogP contribution in [-0.4, -0.2) is 10.9 Å². The molecule has 1 amide bonds. The molecule has 1 N–H and O–H groups in total. The lowest BCUT2D eigenvalue weighted by molar-refractivity contribution is -0.140. The van der Waals surface area contributed by atoms with Crippen LogP contribution in [0.3, 0.4) is 0 Å². The predicted octanol–water partition coefficient (Wildman–Crippen LogP) is 4.39. The van der Waals surface area contributed by atoms with Gasteiger partial charge in [-0.15, -0.1) is 0 Å². The van der Waals surface area contributed by atoms with E-state index in [1.807, 2.05) is 30.5 Å². The van der Waals surface area contributed by atoms with Crippen molar-refractivity contribution in [3.8, 4) is 0 Å². The molecule has 3 nitrogen and oxygen atoms in total. The molecule has 0 unspecified atom stereocenters. The molecule has 1 aromatic heterocycles. The molecular weight excluding hydrogens is 284 g/mol. The van der Waals surface area contributed by atoms with Crippen molar-refractivity contribution in [2.45, 2.75) is 38.5 Å². The first-order valence-electron chi connectivity index (χ1n) is 8.86. The minimum atomic E-state index is -0.109. The molecule has 4 bridgehead atoms. The average Bonchev–Trinajstić information content (AvgIpc) is 2.53. The van der Waals surface area contributed by atoms with Gasteiger partial charge in [0.15, 0.2) is 0 Å². The molecule has 23 heavy (non-hydrogen) atoms. The summed E-state index contributed by atoms with van der Waals surface area (Å²) in [5.74, 6) is 3.29. The molecule has 0 saturated heterocycles. The molecule has 4 fully saturated rings. The molecule has 1 heterocycles. The quantitative estimate of drug-likeness (QED) is 0.894. The Balaban J connectivity index is 1.42. The topological polar surface area (TPSA) is 42.0 Å². The van der Waals surface area contributed by atoms with Gasteiger partial charge in [-0.1, -0.05) is 24.3 Å². The number of hydrogen-bond acceptors (Lipinski definition) is 2. The molecule has 0 spiro atoms. The van der Waals surface area contributed by atoms with E-state index < -0.39 is 0 Å². The van der Waals surface area contributed by atoms with E-state index in [1.54, 1.807) is 0 Å². The molecule has 2 aromatic rings. The predicted molar refractivity (Wildman–Crippen MR) is 91.0 cm³/mol. The summed E-state index contributed by atoms with van der Waals surface area (Å²) in [7, 11) is 0. The fraction of sp³-hybridized carbons (Fsp3) is 0.500. The van der Waals surface area contributed by atoms with Crippen molar-refractivity contribution in [2.75, 3.05) is 5.32 Å². The van der Waals surface area contributed by atoms with Gasteiger partial charge in [0, 0.05) is 11.6 Å². The summed E-state index contributed by atoms with van der Waals surface area (Å²) in [5, 5.41) is 5.38. The molecule has 118 valence electrons. The SMILES string of the molecule is O=C(Nc1cc2ccccc2cn1)C12CC3CC(CC(C3)C1)C2. The second-order valence-corrected chi connectivity index (χ2v) is 8.07. The van der Waals surface area contributed by atoms with Crippen LogP contribution in [0.15, 0.2) is 36.5 Å². The normalized spacial score (nSPS) is 34.7. The Labute approximate surface area is 136 Å². The Morgan fingerprint density at radius 1 is 1.00 bits per heavy atom. The Kier molecular flexibility index (Phi) is 2.82. The molecule has 0 atom stereocenters. The van der Waals surface area contributed by atoms with Crippen LogP contribution in [0.4, 0.5) is 5.82 Å². The monoisotopic (exact) mass is 306 g/mol. The van der Waals surface area contributed by atoms with E-state index in [0.717, 1.165) is 47.8 Å². The highest BCUT2D eigenvalue weighted by Gasteiger charge is 2.54. The fourth-order valence-electron chi connectivity index (χ4n) is 5.79. The number of aromatic nitrogens is 1. The number of anilines is 1. The second kappa shape index (κ2) is 4.80. The highest BCUT2D eigenvalue weighted by atomic mass is 16.2. The number of nitrogens with zero attached hydrogens (tertiary/aromatic N) is 1. The number of amides is 1. The van der Waals surface area contributed by atoms with Crippen LogP contribution in [0.1, 0.15) is 38.5 Å². The smallest absolute Gasteiger partial charge is 0.231 e. The van der Waals surface area contributed by atoms with E-state index in [9.17, 15) is 4.79 Å². The third kappa shape index (κ3) is 2.17. The molecule has 4 saturated carbocycles. The summed E-state index contributed by atoms with van der Waals surface area (Å²) in [4.78, 5) is 17.5. The number of nitrogens with one attached hydrogen (secondary N) is 1. The zero-order valence-corrected chi connectivity index (χ0v) is 13.3. The fourth-order valence-corrected chi connectivity index (χ4v) is 5.79. The lowest BCUT2D eigenvalue weighted by Crippen LogP contribution is -2.51. The van der Waals surface area contributed by atoms with Crippen molar-refractivity contribution in [2.24, 2.45) is 23.2 Å². The maximum Gasteiger partial charge on any atom is 0.231 e. The molecule has 3 heteroatoms. The minimum absolute atomic E-state index is 0.109. The molecular formula is C20H22N2O. The van der Waals surface area contributed by atoms with Gasteiger partial charge in [-0.2, -0.15) is 0 Å². The van der Waals surface area contributed by atoms with Gasteiger partial charge < -0.3 is 5.32 Å². The first kappa shape index (κ1) is 13.5. The maximum atomic E-state index is 13.1. The molecule has 4 aliphatic carbocycles. The second-order valence-electron chi connectivity index (χ2n) is 8.07.